The van der Waals surface area contributed by atoms with Gasteiger partial charge in [0.1, 0.15) is 0 Å². The third-order valence-electron chi connectivity index (χ3n) is 2.62. The van der Waals surface area contributed by atoms with Crippen LogP contribution in [0.2, 0.25) is 5.02 Å². The Hall–Kier alpha value is -0.770. The molecule has 0 fully saturated rings. The number of rotatable bonds is 5. The minimum Gasteiger partial charge on any atom is -0.378 e. The van der Waals surface area contributed by atoms with Crippen LogP contribution in [0.5, 0.6) is 0 Å². The van der Waals surface area contributed by atoms with Crippen molar-refractivity contribution < 1.29 is 0 Å². The van der Waals surface area contributed by atoms with Crippen LogP contribution in [0.1, 0.15) is 24.4 Å². The van der Waals surface area contributed by atoms with Crippen molar-refractivity contribution in [3.05, 3.63) is 28.8 Å². The molecule has 0 aliphatic rings. The molecule has 0 aliphatic heterocycles. The first-order chi connectivity index (χ1) is 7.56. The molecule has 1 rings (SSSR count). The number of hydrogen-bond donors (Lipinski definition) is 2. The molecule has 0 heterocycles. The predicted molar refractivity (Wildman–Crippen MR) is 71.0 cm³/mol. The fourth-order valence-electron chi connectivity index (χ4n) is 1.59. The number of benzene rings is 1. The highest BCUT2D eigenvalue weighted by atomic mass is 35.5. The van der Waals surface area contributed by atoms with Gasteiger partial charge in [-0.05, 0) is 37.1 Å². The Morgan fingerprint density at radius 3 is 2.56 bits per heavy atom. The molecule has 0 aliphatic carbocycles. The number of nitrogens with two attached hydrogens (primary N) is 2. The first-order valence-electron chi connectivity index (χ1n) is 5.48. The van der Waals surface area contributed by atoms with Crippen molar-refractivity contribution in [2.45, 2.75) is 18.9 Å². The summed E-state index contributed by atoms with van der Waals surface area (Å²) in [5, 5.41) is 0.732. The van der Waals surface area contributed by atoms with Gasteiger partial charge in [-0.25, -0.2) is 0 Å². The summed E-state index contributed by atoms with van der Waals surface area (Å²) in [4.78, 5) is 2.01. The van der Waals surface area contributed by atoms with E-state index >= 15 is 0 Å². The molecule has 4 N–H and O–H groups in total. The number of anilines is 1. The van der Waals surface area contributed by atoms with E-state index in [1.165, 1.54) is 0 Å². The van der Waals surface area contributed by atoms with Gasteiger partial charge in [0.15, 0.2) is 0 Å². The lowest BCUT2D eigenvalue weighted by atomic mass is 10.0. The minimum atomic E-state index is -0.0211. The number of hydrogen-bond acceptors (Lipinski definition) is 3. The Balaban J connectivity index is 2.81. The maximum Gasteiger partial charge on any atom is 0.0474 e. The van der Waals surface area contributed by atoms with Gasteiger partial charge in [0.25, 0.3) is 0 Å². The van der Waals surface area contributed by atoms with E-state index < -0.39 is 0 Å². The number of nitrogens with zero attached hydrogens (tertiary/aromatic N) is 1. The zero-order valence-corrected chi connectivity index (χ0v) is 10.7. The first kappa shape index (κ1) is 13.3. The second kappa shape index (κ2) is 6.09. The SMILES string of the molecule is CN(C)c1ccc([C@H](N)CCCN)c(Cl)c1. The summed E-state index contributed by atoms with van der Waals surface area (Å²) in [6.45, 7) is 0.668. The summed E-state index contributed by atoms with van der Waals surface area (Å²) in [7, 11) is 3.97. The van der Waals surface area contributed by atoms with Crippen molar-refractivity contribution in [3.63, 3.8) is 0 Å². The quantitative estimate of drug-likeness (QED) is 0.831. The number of halogens is 1. The summed E-state index contributed by atoms with van der Waals surface area (Å²) in [5.74, 6) is 0. The Bertz CT molecular complexity index is 339. The van der Waals surface area contributed by atoms with Crippen molar-refractivity contribution in [2.24, 2.45) is 11.5 Å². The normalized spacial score (nSPS) is 12.6. The predicted octanol–water partition coefficient (Wildman–Crippen LogP) is 2.14. The van der Waals surface area contributed by atoms with E-state index in [9.17, 15) is 0 Å². The van der Waals surface area contributed by atoms with E-state index in [2.05, 4.69) is 0 Å². The van der Waals surface area contributed by atoms with E-state index in [4.69, 9.17) is 23.1 Å². The summed E-state index contributed by atoms with van der Waals surface area (Å²) in [5.41, 5.74) is 13.6. The zero-order chi connectivity index (χ0) is 12.1. The molecule has 0 unspecified atom stereocenters. The Kier molecular flexibility index (Phi) is 5.06. The maximum atomic E-state index is 6.21. The smallest absolute Gasteiger partial charge is 0.0474 e. The fraction of sp³-hybridized carbons (Fsp3) is 0.500. The van der Waals surface area contributed by atoms with Crippen molar-refractivity contribution in [2.75, 3.05) is 25.5 Å². The summed E-state index contributed by atoms with van der Waals surface area (Å²) in [6.07, 6.45) is 1.80. The summed E-state index contributed by atoms with van der Waals surface area (Å²) in [6, 6.07) is 5.95. The molecule has 4 heteroatoms. The average molecular weight is 242 g/mol. The van der Waals surface area contributed by atoms with Gasteiger partial charge in [-0.2, -0.15) is 0 Å². The highest BCUT2D eigenvalue weighted by Gasteiger charge is 2.10. The van der Waals surface area contributed by atoms with Crippen LogP contribution in [0.4, 0.5) is 5.69 Å². The Labute approximate surface area is 102 Å². The van der Waals surface area contributed by atoms with Crippen molar-refractivity contribution in [3.8, 4) is 0 Å². The summed E-state index contributed by atoms with van der Waals surface area (Å²) >= 11 is 6.21. The van der Waals surface area contributed by atoms with Gasteiger partial charge in [-0.1, -0.05) is 17.7 Å². The molecule has 0 saturated heterocycles. The minimum absolute atomic E-state index is 0.0211. The molecule has 1 atom stereocenters. The van der Waals surface area contributed by atoms with E-state index in [1.807, 2.05) is 37.2 Å². The standard InChI is InChI=1S/C12H20ClN3/c1-16(2)9-5-6-10(11(13)8-9)12(15)4-3-7-14/h5-6,8,12H,3-4,7,14-15H2,1-2H3/t12-/m1/s1. The molecule has 1 aromatic carbocycles. The Morgan fingerprint density at radius 1 is 1.38 bits per heavy atom. The second-order valence-corrected chi connectivity index (χ2v) is 4.54. The fourth-order valence-corrected chi connectivity index (χ4v) is 1.90. The van der Waals surface area contributed by atoms with Gasteiger partial charge in [0.2, 0.25) is 0 Å². The Morgan fingerprint density at radius 2 is 2.06 bits per heavy atom. The third-order valence-corrected chi connectivity index (χ3v) is 2.95. The largest absolute Gasteiger partial charge is 0.378 e. The van der Waals surface area contributed by atoms with Gasteiger partial charge in [-0.3, -0.25) is 0 Å². The van der Waals surface area contributed by atoms with Crippen LogP contribution < -0.4 is 16.4 Å². The molecule has 0 amide bonds. The van der Waals surface area contributed by atoms with Crippen molar-refractivity contribution in [1.29, 1.82) is 0 Å². The van der Waals surface area contributed by atoms with Gasteiger partial charge in [-0.15, -0.1) is 0 Å². The second-order valence-electron chi connectivity index (χ2n) is 4.14. The molecule has 3 nitrogen and oxygen atoms in total. The van der Waals surface area contributed by atoms with Crippen LogP contribution in [0, 0.1) is 0 Å². The van der Waals surface area contributed by atoms with E-state index in [-0.39, 0.29) is 6.04 Å². The molecule has 0 saturated carbocycles. The molecule has 16 heavy (non-hydrogen) atoms. The van der Waals surface area contributed by atoms with Crippen LogP contribution in [-0.4, -0.2) is 20.6 Å². The van der Waals surface area contributed by atoms with Crippen LogP contribution in [0.3, 0.4) is 0 Å². The van der Waals surface area contributed by atoms with Crippen molar-refractivity contribution >= 4 is 17.3 Å². The average Bonchev–Trinajstić information content (AvgIpc) is 2.25. The molecule has 0 bridgehead atoms. The monoisotopic (exact) mass is 241 g/mol. The highest BCUT2D eigenvalue weighted by molar-refractivity contribution is 6.31. The summed E-state index contributed by atoms with van der Waals surface area (Å²) < 4.78 is 0. The lowest BCUT2D eigenvalue weighted by Crippen LogP contribution is -2.14. The topological polar surface area (TPSA) is 55.3 Å². The molecule has 1 aromatic rings. The van der Waals surface area contributed by atoms with Crippen molar-refractivity contribution in [1.82, 2.24) is 0 Å². The first-order valence-corrected chi connectivity index (χ1v) is 5.86. The lowest BCUT2D eigenvalue weighted by Gasteiger charge is -2.17. The van der Waals surface area contributed by atoms with Gasteiger partial charge < -0.3 is 16.4 Å². The van der Waals surface area contributed by atoms with Crippen LogP contribution in [0.15, 0.2) is 18.2 Å². The van der Waals surface area contributed by atoms with Gasteiger partial charge in [0.05, 0.1) is 0 Å². The molecule has 0 spiro atoms. The van der Waals surface area contributed by atoms with E-state index in [0.29, 0.717) is 6.54 Å². The highest BCUT2D eigenvalue weighted by Crippen LogP contribution is 2.28. The van der Waals surface area contributed by atoms with Gasteiger partial charge in [0, 0.05) is 30.8 Å². The lowest BCUT2D eigenvalue weighted by molar-refractivity contribution is 0.618. The van der Waals surface area contributed by atoms with Crippen LogP contribution in [-0.2, 0) is 0 Å². The van der Waals surface area contributed by atoms with Crippen LogP contribution in [0.25, 0.3) is 0 Å². The van der Waals surface area contributed by atoms with E-state index in [0.717, 1.165) is 29.1 Å². The molecule has 0 aromatic heterocycles. The maximum absolute atomic E-state index is 6.21. The molecule has 90 valence electrons. The molecular formula is C12H20ClN3. The van der Waals surface area contributed by atoms with Gasteiger partial charge >= 0.3 is 0 Å². The zero-order valence-electron chi connectivity index (χ0n) is 9.91. The third kappa shape index (κ3) is 3.37. The van der Waals surface area contributed by atoms with E-state index in [1.54, 1.807) is 0 Å². The molecule has 0 radical (unpaired) electrons. The van der Waals surface area contributed by atoms with Crippen LogP contribution >= 0.6 is 11.6 Å². The molecular weight excluding hydrogens is 222 g/mol.